The van der Waals surface area contributed by atoms with E-state index >= 15 is 0 Å². The molecular weight excluding hydrogens is 244 g/mol. The van der Waals surface area contributed by atoms with Gasteiger partial charge in [-0.25, -0.2) is 0 Å². The second-order valence-electron chi connectivity index (χ2n) is 4.72. The van der Waals surface area contributed by atoms with E-state index in [4.69, 9.17) is 0 Å². The van der Waals surface area contributed by atoms with Crippen molar-refractivity contribution in [3.8, 4) is 0 Å². The lowest BCUT2D eigenvalue weighted by molar-refractivity contribution is -0.131. The molecule has 19 heavy (non-hydrogen) atoms. The molecule has 98 valence electrons. The molecule has 6 nitrogen and oxygen atoms in total. The minimum atomic E-state index is -0.370. The number of hydrogen-bond acceptors (Lipinski definition) is 3. The molecule has 0 radical (unpaired) electrons. The summed E-state index contributed by atoms with van der Waals surface area (Å²) in [5.41, 5.74) is 1.57. The van der Waals surface area contributed by atoms with Gasteiger partial charge in [-0.3, -0.25) is 14.7 Å². The van der Waals surface area contributed by atoms with E-state index in [2.05, 4.69) is 15.5 Å². The topological polar surface area (TPSA) is 78.1 Å². The Balaban J connectivity index is 1.77. The largest absolute Gasteiger partial charge is 0.334 e. The van der Waals surface area contributed by atoms with E-state index in [0.717, 1.165) is 10.9 Å². The van der Waals surface area contributed by atoms with Crippen molar-refractivity contribution in [3.05, 3.63) is 24.4 Å². The van der Waals surface area contributed by atoms with Crippen LogP contribution in [-0.2, 0) is 9.59 Å². The van der Waals surface area contributed by atoms with Crippen molar-refractivity contribution in [1.82, 2.24) is 15.1 Å². The quantitative estimate of drug-likeness (QED) is 0.847. The number of aromatic amines is 1. The third-order valence-electron chi connectivity index (χ3n) is 3.50. The smallest absolute Gasteiger partial charge is 0.247 e. The molecule has 0 saturated carbocycles. The zero-order valence-electron chi connectivity index (χ0n) is 10.5. The molecule has 0 spiro atoms. The Bertz CT molecular complexity index is 649. The molecule has 2 amide bonds. The Morgan fingerprint density at radius 1 is 1.53 bits per heavy atom. The number of rotatable bonds is 2. The van der Waals surface area contributed by atoms with Crippen molar-refractivity contribution in [2.24, 2.45) is 0 Å². The number of hydrogen-bond donors (Lipinski definition) is 2. The molecule has 1 fully saturated rings. The molecule has 1 unspecified atom stereocenters. The summed E-state index contributed by atoms with van der Waals surface area (Å²) in [4.78, 5) is 25.0. The zero-order valence-corrected chi connectivity index (χ0v) is 10.5. The van der Waals surface area contributed by atoms with Gasteiger partial charge in [0, 0.05) is 24.5 Å². The van der Waals surface area contributed by atoms with Crippen LogP contribution < -0.4 is 5.32 Å². The number of carbonyl (C=O) groups is 2. The molecule has 1 saturated heterocycles. The van der Waals surface area contributed by atoms with Crippen LogP contribution in [-0.4, -0.2) is 40.0 Å². The van der Waals surface area contributed by atoms with Gasteiger partial charge >= 0.3 is 0 Å². The Hall–Kier alpha value is -2.37. The number of amides is 2. The maximum atomic E-state index is 12.1. The van der Waals surface area contributed by atoms with Gasteiger partial charge in [0.05, 0.1) is 11.7 Å². The summed E-state index contributed by atoms with van der Waals surface area (Å²) in [6.45, 7) is 0. The summed E-state index contributed by atoms with van der Waals surface area (Å²) in [5, 5.41) is 10.6. The standard InChI is InChI=1S/C13H14N4O2/c1-17-11(4-5-12(17)18)13(19)15-9-3-2-8-7-14-16-10(8)6-9/h2-3,6-7,11H,4-5H2,1H3,(H,14,16)(H,15,19). The molecule has 0 bridgehead atoms. The SMILES string of the molecule is CN1C(=O)CCC1C(=O)Nc1ccc2cn[nH]c2c1. The molecule has 1 aliphatic rings. The second kappa shape index (κ2) is 4.38. The average Bonchev–Trinajstić information content (AvgIpc) is 2.97. The molecule has 1 aromatic heterocycles. The van der Waals surface area contributed by atoms with Gasteiger partial charge in [-0.1, -0.05) is 0 Å². The molecule has 1 atom stereocenters. The van der Waals surface area contributed by atoms with Crippen LogP contribution in [0.25, 0.3) is 10.9 Å². The van der Waals surface area contributed by atoms with Gasteiger partial charge in [0.15, 0.2) is 0 Å². The molecule has 1 aromatic carbocycles. The highest BCUT2D eigenvalue weighted by molar-refractivity contribution is 6.00. The van der Waals surface area contributed by atoms with Crippen molar-refractivity contribution in [2.45, 2.75) is 18.9 Å². The van der Waals surface area contributed by atoms with E-state index in [9.17, 15) is 9.59 Å². The van der Waals surface area contributed by atoms with Crippen LogP contribution >= 0.6 is 0 Å². The predicted octanol–water partition coefficient (Wildman–Crippen LogP) is 1.12. The second-order valence-corrected chi connectivity index (χ2v) is 4.72. The van der Waals surface area contributed by atoms with Crippen LogP contribution in [0.1, 0.15) is 12.8 Å². The van der Waals surface area contributed by atoms with Crippen molar-refractivity contribution >= 4 is 28.4 Å². The summed E-state index contributed by atoms with van der Waals surface area (Å²) < 4.78 is 0. The molecule has 2 aromatic rings. The van der Waals surface area contributed by atoms with E-state index in [0.29, 0.717) is 18.5 Å². The third-order valence-corrected chi connectivity index (χ3v) is 3.50. The number of likely N-dealkylation sites (tertiary alicyclic amines) is 1. The number of nitrogens with zero attached hydrogens (tertiary/aromatic N) is 2. The fraction of sp³-hybridized carbons (Fsp3) is 0.308. The number of fused-ring (bicyclic) bond motifs is 1. The molecule has 3 rings (SSSR count). The van der Waals surface area contributed by atoms with E-state index in [-0.39, 0.29) is 17.9 Å². The van der Waals surface area contributed by atoms with Gasteiger partial charge in [-0.15, -0.1) is 0 Å². The van der Waals surface area contributed by atoms with E-state index < -0.39 is 0 Å². The predicted molar refractivity (Wildman–Crippen MR) is 70.5 cm³/mol. The fourth-order valence-corrected chi connectivity index (χ4v) is 2.35. The first-order chi connectivity index (χ1) is 9.15. The average molecular weight is 258 g/mol. The first-order valence-electron chi connectivity index (χ1n) is 6.15. The number of likely N-dealkylation sites (N-methyl/N-ethyl adjacent to an activating group) is 1. The maximum Gasteiger partial charge on any atom is 0.247 e. The highest BCUT2D eigenvalue weighted by Crippen LogP contribution is 2.20. The molecular formula is C13H14N4O2. The minimum absolute atomic E-state index is 0.0178. The molecule has 0 aliphatic carbocycles. The normalized spacial score (nSPS) is 19.1. The summed E-state index contributed by atoms with van der Waals surface area (Å²) in [7, 11) is 1.66. The van der Waals surface area contributed by atoms with Gasteiger partial charge in [-0.2, -0.15) is 5.10 Å². The van der Waals surface area contributed by atoms with Crippen molar-refractivity contribution in [3.63, 3.8) is 0 Å². The molecule has 2 heterocycles. The Labute approximate surface area is 109 Å². The summed E-state index contributed by atoms with van der Waals surface area (Å²) in [6, 6.07) is 5.17. The molecule has 2 N–H and O–H groups in total. The van der Waals surface area contributed by atoms with Gasteiger partial charge in [0.2, 0.25) is 11.8 Å². The van der Waals surface area contributed by atoms with Crippen molar-refractivity contribution in [1.29, 1.82) is 0 Å². The van der Waals surface area contributed by atoms with Crippen LogP contribution in [0.5, 0.6) is 0 Å². The lowest BCUT2D eigenvalue weighted by atomic mass is 10.2. The van der Waals surface area contributed by atoms with Gasteiger partial charge in [-0.05, 0) is 24.6 Å². The number of aromatic nitrogens is 2. The third kappa shape index (κ3) is 2.05. The van der Waals surface area contributed by atoms with Crippen LogP contribution in [0.2, 0.25) is 0 Å². The number of nitrogens with one attached hydrogen (secondary N) is 2. The lowest BCUT2D eigenvalue weighted by Crippen LogP contribution is -2.38. The zero-order chi connectivity index (χ0) is 13.4. The Morgan fingerprint density at radius 2 is 2.37 bits per heavy atom. The monoisotopic (exact) mass is 258 g/mol. The minimum Gasteiger partial charge on any atom is -0.334 e. The van der Waals surface area contributed by atoms with E-state index in [1.54, 1.807) is 13.2 Å². The van der Waals surface area contributed by atoms with E-state index in [1.165, 1.54) is 4.90 Å². The first-order valence-corrected chi connectivity index (χ1v) is 6.15. The van der Waals surface area contributed by atoms with Gasteiger partial charge < -0.3 is 10.2 Å². The van der Waals surface area contributed by atoms with Crippen LogP contribution in [0.4, 0.5) is 5.69 Å². The Kier molecular flexibility index (Phi) is 2.70. The van der Waals surface area contributed by atoms with Crippen molar-refractivity contribution < 1.29 is 9.59 Å². The number of carbonyl (C=O) groups excluding carboxylic acids is 2. The fourth-order valence-electron chi connectivity index (χ4n) is 2.35. The first kappa shape index (κ1) is 11.7. The number of H-pyrrole nitrogens is 1. The van der Waals surface area contributed by atoms with Crippen LogP contribution in [0.3, 0.4) is 0 Å². The van der Waals surface area contributed by atoms with Gasteiger partial charge in [0.25, 0.3) is 0 Å². The summed E-state index contributed by atoms with van der Waals surface area (Å²) >= 11 is 0. The summed E-state index contributed by atoms with van der Waals surface area (Å²) in [6.07, 6.45) is 2.74. The number of benzene rings is 1. The Morgan fingerprint density at radius 3 is 3.11 bits per heavy atom. The number of anilines is 1. The maximum absolute atomic E-state index is 12.1. The van der Waals surface area contributed by atoms with Crippen LogP contribution in [0.15, 0.2) is 24.4 Å². The van der Waals surface area contributed by atoms with Crippen molar-refractivity contribution in [2.75, 3.05) is 12.4 Å². The lowest BCUT2D eigenvalue weighted by Gasteiger charge is -2.19. The molecule has 1 aliphatic heterocycles. The van der Waals surface area contributed by atoms with E-state index in [1.807, 2.05) is 18.2 Å². The molecule has 6 heteroatoms. The van der Waals surface area contributed by atoms with Gasteiger partial charge in [0.1, 0.15) is 6.04 Å². The van der Waals surface area contributed by atoms with Crippen LogP contribution in [0, 0.1) is 0 Å². The highest BCUT2D eigenvalue weighted by Gasteiger charge is 2.33. The highest BCUT2D eigenvalue weighted by atomic mass is 16.2. The summed E-state index contributed by atoms with van der Waals surface area (Å²) in [5.74, 6) is -0.128.